The number of ether oxygens (including phenoxy) is 1. The number of aryl methyl sites for hydroxylation is 1. The second-order valence-corrected chi connectivity index (χ2v) is 5.07. The number of pyridine rings is 1. The summed E-state index contributed by atoms with van der Waals surface area (Å²) in [5.74, 6) is 0. The van der Waals surface area contributed by atoms with Crippen LogP contribution in [0, 0.1) is 6.92 Å². The summed E-state index contributed by atoms with van der Waals surface area (Å²) in [6.07, 6.45) is 4.73. The Hall–Kier alpha value is -1.33. The van der Waals surface area contributed by atoms with Crippen LogP contribution in [-0.4, -0.2) is 56.3 Å². The molecule has 0 radical (unpaired) electrons. The zero-order valence-corrected chi connectivity index (χ0v) is 11.9. The summed E-state index contributed by atoms with van der Waals surface area (Å²) in [5.41, 5.74) is 9.15. The number of nitrogens with two attached hydrogens (primary N) is 1. The molecule has 0 spiro atoms. The summed E-state index contributed by atoms with van der Waals surface area (Å²) in [6, 6.07) is 0. The Morgan fingerprint density at radius 3 is 2.63 bits per heavy atom. The van der Waals surface area contributed by atoms with E-state index >= 15 is 0 Å². The lowest BCUT2D eigenvalue weighted by molar-refractivity contribution is 0.169. The summed E-state index contributed by atoms with van der Waals surface area (Å²) < 4.78 is 5.09. The van der Waals surface area contributed by atoms with Gasteiger partial charge in [-0.3, -0.25) is 9.88 Å². The lowest BCUT2D eigenvalue weighted by Gasteiger charge is -2.37. The molecule has 1 aliphatic rings. The summed E-state index contributed by atoms with van der Waals surface area (Å²) in [5, 5.41) is 0. The van der Waals surface area contributed by atoms with Crippen LogP contribution in [0.3, 0.4) is 0 Å². The largest absolute Gasteiger partial charge is 0.396 e. The van der Waals surface area contributed by atoms with Crippen molar-refractivity contribution in [2.45, 2.75) is 13.3 Å². The van der Waals surface area contributed by atoms with Crippen LogP contribution in [-0.2, 0) is 4.74 Å². The average molecular weight is 264 g/mol. The maximum Gasteiger partial charge on any atom is 0.0741 e. The standard InChI is InChI=1S/C14H24N4O/c1-12-10-16-11-13(15)14(12)18-7-5-17(6-8-18)4-3-9-19-2/h10-11H,3-9,15H2,1-2H3. The topological polar surface area (TPSA) is 54.6 Å². The number of anilines is 2. The van der Waals surface area contributed by atoms with Gasteiger partial charge in [-0.2, -0.15) is 0 Å². The van der Waals surface area contributed by atoms with Crippen LogP contribution in [0.5, 0.6) is 0 Å². The van der Waals surface area contributed by atoms with Crippen LogP contribution < -0.4 is 10.6 Å². The van der Waals surface area contributed by atoms with Gasteiger partial charge in [-0.15, -0.1) is 0 Å². The molecule has 2 N–H and O–H groups in total. The van der Waals surface area contributed by atoms with Gasteiger partial charge in [0.15, 0.2) is 0 Å². The molecule has 1 saturated heterocycles. The normalized spacial score (nSPS) is 16.8. The zero-order valence-electron chi connectivity index (χ0n) is 11.9. The summed E-state index contributed by atoms with van der Waals surface area (Å²) in [6.45, 7) is 8.27. The first-order valence-electron chi connectivity index (χ1n) is 6.88. The molecule has 0 saturated carbocycles. The first-order chi connectivity index (χ1) is 9.22. The Bertz CT molecular complexity index is 382. The van der Waals surface area contributed by atoms with Crippen LogP contribution in [0.25, 0.3) is 0 Å². The quantitative estimate of drug-likeness (QED) is 0.808. The molecule has 0 amide bonds. The first-order valence-corrected chi connectivity index (χ1v) is 6.88. The molecule has 5 nitrogen and oxygen atoms in total. The van der Waals surface area contributed by atoms with E-state index in [1.807, 2.05) is 6.20 Å². The Labute approximate surface area is 115 Å². The molecule has 0 aliphatic carbocycles. The van der Waals surface area contributed by atoms with E-state index in [2.05, 4.69) is 21.7 Å². The van der Waals surface area contributed by atoms with Gasteiger partial charge in [0.1, 0.15) is 0 Å². The molecular formula is C14H24N4O. The van der Waals surface area contributed by atoms with Crippen LogP contribution in [0.1, 0.15) is 12.0 Å². The molecule has 0 bridgehead atoms. The average Bonchev–Trinajstić information content (AvgIpc) is 2.40. The third-order valence-corrected chi connectivity index (χ3v) is 3.64. The van der Waals surface area contributed by atoms with E-state index in [4.69, 9.17) is 10.5 Å². The van der Waals surface area contributed by atoms with Crippen LogP contribution in [0.15, 0.2) is 12.4 Å². The SMILES string of the molecule is COCCCN1CCN(c2c(C)cncc2N)CC1. The predicted octanol–water partition coefficient (Wildman–Crippen LogP) is 1.13. The van der Waals surface area contributed by atoms with Crippen LogP contribution in [0.2, 0.25) is 0 Å². The van der Waals surface area contributed by atoms with Crippen molar-refractivity contribution in [2.24, 2.45) is 0 Å². The van der Waals surface area contributed by atoms with Crippen molar-refractivity contribution in [3.63, 3.8) is 0 Å². The van der Waals surface area contributed by atoms with Gasteiger partial charge >= 0.3 is 0 Å². The summed E-state index contributed by atoms with van der Waals surface area (Å²) in [4.78, 5) is 8.99. The molecule has 0 aromatic carbocycles. The molecule has 2 rings (SSSR count). The fourth-order valence-corrected chi connectivity index (χ4v) is 2.64. The fourth-order valence-electron chi connectivity index (χ4n) is 2.64. The number of aromatic nitrogens is 1. The molecule has 19 heavy (non-hydrogen) atoms. The van der Waals surface area contributed by atoms with E-state index in [1.165, 1.54) is 0 Å². The summed E-state index contributed by atoms with van der Waals surface area (Å²) >= 11 is 0. The molecular weight excluding hydrogens is 240 g/mol. The number of methoxy groups -OCH3 is 1. The maximum atomic E-state index is 6.05. The molecule has 0 atom stereocenters. The molecule has 5 heteroatoms. The lowest BCUT2D eigenvalue weighted by atomic mass is 10.2. The van der Waals surface area contributed by atoms with E-state index in [0.717, 1.165) is 62.7 Å². The Balaban J connectivity index is 1.89. The highest BCUT2D eigenvalue weighted by atomic mass is 16.5. The summed E-state index contributed by atoms with van der Waals surface area (Å²) in [7, 11) is 1.76. The third kappa shape index (κ3) is 3.58. The Kier molecular flexibility index (Phi) is 4.99. The number of hydrogen-bond donors (Lipinski definition) is 1. The highest BCUT2D eigenvalue weighted by Crippen LogP contribution is 2.27. The second-order valence-electron chi connectivity index (χ2n) is 5.07. The van der Waals surface area contributed by atoms with Gasteiger partial charge in [0.2, 0.25) is 0 Å². The predicted molar refractivity (Wildman–Crippen MR) is 78.5 cm³/mol. The van der Waals surface area contributed by atoms with E-state index in [-0.39, 0.29) is 0 Å². The van der Waals surface area contributed by atoms with Crippen molar-refractivity contribution in [1.82, 2.24) is 9.88 Å². The van der Waals surface area contributed by atoms with Gasteiger partial charge in [0, 0.05) is 52.6 Å². The van der Waals surface area contributed by atoms with Crippen LogP contribution in [0.4, 0.5) is 11.4 Å². The highest BCUT2D eigenvalue weighted by molar-refractivity contribution is 5.70. The minimum Gasteiger partial charge on any atom is -0.396 e. The van der Waals surface area contributed by atoms with Crippen molar-refractivity contribution in [2.75, 3.05) is 57.1 Å². The monoisotopic (exact) mass is 264 g/mol. The number of nitrogen functional groups attached to an aromatic ring is 1. The van der Waals surface area contributed by atoms with Gasteiger partial charge in [-0.25, -0.2) is 0 Å². The minimum absolute atomic E-state index is 0.785. The number of piperazine rings is 1. The number of hydrogen-bond acceptors (Lipinski definition) is 5. The van der Waals surface area contributed by atoms with Gasteiger partial charge in [0.25, 0.3) is 0 Å². The molecule has 1 aromatic rings. The Morgan fingerprint density at radius 2 is 2.00 bits per heavy atom. The second kappa shape index (κ2) is 6.73. The van der Waals surface area contributed by atoms with Gasteiger partial charge in [-0.05, 0) is 18.9 Å². The third-order valence-electron chi connectivity index (χ3n) is 3.64. The van der Waals surface area contributed by atoms with E-state index in [9.17, 15) is 0 Å². The van der Waals surface area contributed by atoms with Crippen molar-refractivity contribution in [1.29, 1.82) is 0 Å². The first kappa shape index (κ1) is 14.1. The molecule has 2 heterocycles. The smallest absolute Gasteiger partial charge is 0.0741 e. The number of rotatable bonds is 5. The fraction of sp³-hybridized carbons (Fsp3) is 0.643. The van der Waals surface area contributed by atoms with Crippen molar-refractivity contribution >= 4 is 11.4 Å². The molecule has 0 unspecified atom stereocenters. The van der Waals surface area contributed by atoms with E-state index < -0.39 is 0 Å². The number of nitrogens with zero attached hydrogens (tertiary/aromatic N) is 3. The maximum absolute atomic E-state index is 6.05. The van der Waals surface area contributed by atoms with Gasteiger partial charge in [-0.1, -0.05) is 0 Å². The molecule has 1 fully saturated rings. The van der Waals surface area contributed by atoms with Gasteiger partial charge in [0.05, 0.1) is 17.6 Å². The van der Waals surface area contributed by atoms with Crippen molar-refractivity contribution < 1.29 is 4.74 Å². The van der Waals surface area contributed by atoms with Crippen molar-refractivity contribution in [3.05, 3.63) is 18.0 Å². The van der Waals surface area contributed by atoms with Gasteiger partial charge < -0.3 is 15.4 Å². The molecule has 1 aliphatic heterocycles. The Morgan fingerprint density at radius 1 is 1.26 bits per heavy atom. The van der Waals surface area contributed by atoms with Crippen molar-refractivity contribution in [3.8, 4) is 0 Å². The highest BCUT2D eigenvalue weighted by Gasteiger charge is 2.19. The minimum atomic E-state index is 0.785. The molecule has 106 valence electrons. The van der Waals surface area contributed by atoms with E-state index in [0.29, 0.717) is 0 Å². The van der Waals surface area contributed by atoms with E-state index in [1.54, 1.807) is 13.3 Å². The zero-order chi connectivity index (χ0) is 13.7. The van der Waals surface area contributed by atoms with Crippen LogP contribution >= 0.6 is 0 Å². The molecule has 1 aromatic heterocycles. The lowest BCUT2D eigenvalue weighted by Crippen LogP contribution is -2.47.